The van der Waals surface area contributed by atoms with Gasteiger partial charge in [0.25, 0.3) is 0 Å². The minimum absolute atomic E-state index is 0.304. The molecule has 0 spiro atoms. The first-order valence-corrected chi connectivity index (χ1v) is 4.89. The van der Waals surface area contributed by atoms with Crippen molar-refractivity contribution in [2.45, 2.75) is 6.36 Å². The Morgan fingerprint density at radius 1 is 1.13 bits per heavy atom. The van der Waals surface area contributed by atoms with E-state index in [0.717, 1.165) is 0 Å². The van der Waals surface area contributed by atoms with Crippen molar-refractivity contribution in [1.82, 2.24) is 0 Å². The maximum absolute atomic E-state index is 13.0. The summed E-state index contributed by atoms with van der Waals surface area (Å²) < 4.78 is 63.7. The quantitative estimate of drug-likeness (QED) is 0.412. The Kier molecular flexibility index (Phi) is 3.59. The van der Waals surface area contributed by atoms with Crippen LogP contribution < -0.4 is 4.74 Å². The monoisotopic (exact) mass is 354 g/mol. The van der Waals surface area contributed by atoms with Crippen molar-refractivity contribution in [3.05, 3.63) is 26.6 Å². The fourth-order valence-corrected chi connectivity index (χ4v) is 1.91. The van der Waals surface area contributed by atoms with Crippen molar-refractivity contribution in [2.75, 3.05) is 0 Å². The van der Waals surface area contributed by atoms with Crippen LogP contribution in [-0.2, 0) is 0 Å². The second-order valence-electron chi connectivity index (χ2n) is 2.35. The predicted octanol–water partition coefficient (Wildman–Crippen LogP) is 4.39. The van der Waals surface area contributed by atoms with Crippen LogP contribution in [0.1, 0.15) is 0 Å². The lowest BCUT2D eigenvalue weighted by Crippen LogP contribution is -2.18. The summed E-state index contributed by atoms with van der Waals surface area (Å²) in [6.45, 7) is 0. The Morgan fingerprint density at radius 3 is 2.13 bits per heavy atom. The van der Waals surface area contributed by atoms with Gasteiger partial charge in [-0.3, -0.25) is 0 Å². The van der Waals surface area contributed by atoms with Crippen molar-refractivity contribution in [2.24, 2.45) is 0 Å². The van der Waals surface area contributed by atoms with Gasteiger partial charge in [-0.25, -0.2) is 8.78 Å². The van der Waals surface area contributed by atoms with Gasteiger partial charge in [0, 0.05) is 0 Å². The van der Waals surface area contributed by atoms with Crippen LogP contribution in [0, 0.1) is 11.6 Å². The summed E-state index contributed by atoms with van der Waals surface area (Å²) in [5.74, 6) is -3.63. The van der Waals surface area contributed by atoms with Gasteiger partial charge in [-0.15, -0.1) is 13.2 Å². The maximum atomic E-state index is 13.0. The molecule has 1 rings (SSSR count). The van der Waals surface area contributed by atoms with Crippen molar-refractivity contribution >= 4 is 31.9 Å². The number of benzene rings is 1. The number of hydrogen-bond acceptors (Lipinski definition) is 1. The van der Waals surface area contributed by atoms with E-state index in [0.29, 0.717) is 6.07 Å². The summed E-state index contributed by atoms with van der Waals surface area (Å²) in [7, 11) is 0. The van der Waals surface area contributed by atoms with E-state index in [-0.39, 0.29) is 4.47 Å². The van der Waals surface area contributed by atoms with E-state index in [4.69, 9.17) is 0 Å². The smallest absolute Gasteiger partial charge is 0.401 e. The third kappa shape index (κ3) is 3.04. The summed E-state index contributed by atoms with van der Waals surface area (Å²) in [6, 6.07) is 0.543. The zero-order valence-corrected chi connectivity index (χ0v) is 9.80. The van der Waals surface area contributed by atoms with Crippen LogP contribution in [0.4, 0.5) is 22.0 Å². The molecule has 84 valence electrons. The Morgan fingerprint density at radius 2 is 1.67 bits per heavy atom. The average molecular weight is 356 g/mol. The number of alkyl halides is 3. The largest absolute Gasteiger partial charge is 0.573 e. The van der Waals surface area contributed by atoms with Crippen molar-refractivity contribution in [1.29, 1.82) is 0 Å². The van der Waals surface area contributed by atoms with Gasteiger partial charge < -0.3 is 4.74 Å². The van der Waals surface area contributed by atoms with Gasteiger partial charge in [0.1, 0.15) is 0 Å². The van der Waals surface area contributed by atoms with Crippen LogP contribution in [0.3, 0.4) is 0 Å². The van der Waals surface area contributed by atoms with Crippen LogP contribution in [0.25, 0.3) is 0 Å². The molecule has 8 heteroatoms. The molecule has 1 nitrogen and oxygen atoms in total. The molecule has 0 atom stereocenters. The molecule has 0 unspecified atom stereocenters. The molecule has 0 N–H and O–H groups in total. The summed E-state index contributed by atoms with van der Waals surface area (Å²) in [5, 5.41) is 0. The highest BCUT2D eigenvalue weighted by Crippen LogP contribution is 2.37. The van der Waals surface area contributed by atoms with E-state index in [1.165, 1.54) is 0 Å². The third-order valence-corrected chi connectivity index (χ3v) is 2.58. The van der Waals surface area contributed by atoms with Gasteiger partial charge >= 0.3 is 6.36 Å². The maximum Gasteiger partial charge on any atom is 0.573 e. The molecule has 0 saturated heterocycles. The molecule has 1 aromatic rings. The second-order valence-corrected chi connectivity index (χ2v) is 3.99. The summed E-state index contributed by atoms with van der Waals surface area (Å²) in [5.41, 5.74) is 0. The first-order valence-electron chi connectivity index (χ1n) is 3.31. The number of ether oxygens (including phenoxy) is 1. The standard InChI is InChI=1S/C7HBr2F5O/c8-2-1-3(10)6(4(9)5(2)11)15-7(12,13)14/h1H. The number of rotatable bonds is 1. The average Bonchev–Trinajstić information content (AvgIpc) is 2.07. The van der Waals surface area contributed by atoms with Gasteiger partial charge in [0.15, 0.2) is 17.4 Å². The first kappa shape index (κ1) is 12.7. The van der Waals surface area contributed by atoms with Gasteiger partial charge in [0.05, 0.1) is 8.95 Å². The summed E-state index contributed by atoms with van der Waals surface area (Å²) in [6.07, 6.45) is -5.08. The molecule has 0 heterocycles. The first-order chi connectivity index (χ1) is 6.72. The van der Waals surface area contributed by atoms with Crippen LogP contribution in [0.15, 0.2) is 15.0 Å². The van der Waals surface area contributed by atoms with Gasteiger partial charge in [-0.1, -0.05) is 0 Å². The van der Waals surface area contributed by atoms with Crippen LogP contribution >= 0.6 is 31.9 Å². The Bertz CT molecular complexity index is 390. The van der Waals surface area contributed by atoms with Crippen LogP contribution in [0.5, 0.6) is 5.75 Å². The summed E-state index contributed by atoms with van der Waals surface area (Å²) >= 11 is 5.09. The molecule has 0 aliphatic heterocycles. The number of halogens is 7. The molecular weight excluding hydrogens is 355 g/mol. The lowest BCUT2D eigenvalue weighted by molar-refractivity contribution is -0.276. The van der Waals surface area contributed by atoms with Crippen LogP contribution in [-0.4, -0.2) is 6.36 Å². The van der Waals surface area contributed by atoms with E-state index < -0.39 is 28.2 Å². The Balaban J connectivity index is 3.24. The summed E-state index contributed by atoms with van der Waals surface area (Å²) in [4.78, 5) is 0. The molecule has 0 aliphatic carbocycles. The zero-order chi connectivity index (χ0) is 11.8. The molecule has 0 amide bonds. The van der Waals surface area contributed by atoms with E-state index in [1.807, 2.05) is 0 Å². The molecule has 0 saturated carbocycles. The normalized spacial score (nSPS) is 11.7. The van der Waals surface area contributed by atoms with E-state index >= 15 is 0 Å². The second kappa shape index (κ2) is 4.25. The molecule has 15 heavy (non-hydrogen) atoms. The minimum Gasteiger partial charge on any atom is -0.401 e. The fraction of sp³-hybridized carbons (Fsp3) is 0.143. The van der Waals surface area contributed by atoms with Crippen molar-refractivity contribution in [3.8, 4) is 5.75 Å². The third-order valence-electron chi connectivity index (χ3n) is 1.29. The predicted molar refractivity (Wildman–Crippen MR) is 48.4 cm³/mol. The topological polar surface area (TPSA) is 9.23 Å². The van der Waals surface area contributed by atoms with Gasteiger partial charge in [-0.05, 0) is 37.9 Å². The van der Waals surface area contributed by atoms with Crippen LogP contribution in [0.2, 0.25) is 0 Å². The van der Waals surface area contributed by atoms with Gasteiger partial charge in [0.2, 0.25) is 0 Å². The SMILES string of the molecule is Fc1cc(Br)c(F)c(Br)c1OC(F)(F)F. The van der Waals surface area contributed by atoms with Gasteiger partial charge in [-0.2, -0.15) is 0 Å². The van der Waals surface area contributed by atoms with Crippen molar-refractivity contribution in [3.63, 3.8) is 0 Å². The lowest BCUT2D eigenvalue weighted by Gasteiger charge is -2.12. The molecule has 0 radical (unpaired) electrons. The molecule has 0 bridgehead atoms. The molecule has 0 fully saturated rings. The van der Waals surface area contributed by atoms with E-state index in [2.05, 4.69) is 36.6 Å². The fourth-order valence-electron chi connectivity index (χ4n) is 0.759. The Labute approximate surface area is 97.5 Å². The highest BCUT2D eigenvalue weighted by atomic mass is 79.9. The molecule has 0 aromatic heterocycles. The van der Waals surface area contributed by atoms with E-state index in [9.17, 15) is 22.0 Å². The lowest BCUT2D eigenvalue weighted by atomic mass is 10.3. The molecule has 1 aromatic carbocycles. The molecule has 0 aliphatic rings. The van der Waals surface area contributed by atoms with Crippen molar-refractivity contribution < 1.29 is 26.7 Å². The minimum atomic E-state index is -5.08. The zero-order valence-electron chi connectivity index (χ0n) is 6.63. The number of hydrogen-bond donors (Lipinski definition) is 0. The Hall–Kier alpha value is -0.370. The highest BCUT2D eigenvalue weighted by Gasteiger charge is 2.34. The molecular formula is C7HBr2F5O. The highest BCUT2D eigenvalue weighted by molar-refractivity contribution is 9.11. The van der Waals surface area contributed by atoms with E-state index in [1.54, 1.807) is 0 Å².